The number of para-hydroxylation sites is 1. The number of amides is 1. The third kappa shape index (κ3) is 3.76. The first-order valence-corrected chi connectivity index (χ1v) is 11.4. The first-order chi connectivity index (χ1) is 14.3. The van der Waals surface area contributed by atoms with Crippen molar-refractivity contribution in [2.75, 3.05) is 44.2 Å². The van der Waals surface area contributed by atoms with E-state index in [-0.39, 0.29) is 5.91 Å². The number of fused-ring (bicyclic) bond motifs is 1. The number of benzene rings is 1. The van der Waals surface area contributed by atoms with Crippen LogP contribution in [-0.4, -0.2) is 64.4 Å². The average Bonchev–Trinajstić information content (AvgIpc) is 3.38. The molecule has 0 bridgehead atoms. The van der Waals surface area contributed by atoms with E-state index in [1.165, 1.54) is 12.1 Å². The van der Waals surface area contributed by atoms with Crippen LogP contribution in [0.3, 0.4) is 0 Å². The van der Waals surface area contributed by atoms with Crippen LogP contribution in [0.15, 0.2) is 41.9 Å². The van der Waals surface area contributed by atoms with Gasteiger partial charge in [-0.1, -0.05) is 18.2 Å². The fraction of sp³-hybridized carbons (Fsp3) is 0.455. The summed E-state index contributed by atoms with van der Waals surface area (Å²) in [6.45, 7) is 6.48. The molecule has 29 heavy (non-hydrogen) atoms. The zero-order valence-electron chi connectivity index (χ0n) is 16.7. The van der Waals surface area contributed by atoms with Gasteiger partial charge in [-0.2, -0.15) is 0 Å². The lowest BCUT2D eigenvalue weighted by Gasteiger charge is -2.36. The Bertz CT molecular complexity index is 968. The number of rotatable bonds is 4. The molecule has 0 atom stereocenters. The number of likely N-dealkylation sites (tertiary alicyclic amines) is 1. The van der Waals surface area contributed by atoms with Crippen LogP contribution in [0.2, 0.25) is 0 Å². The number of aromatic nitrogens is 2. The van der Waals surface area contributed by atoms with Crippen molar-refractivity contribution in [3.63, 3.8) is 0 Å². The number of carbonyl (C=O) groups is 1. The molecule has 0 aliphatic carbocycles. The predicted molar refractivity (Wildman–Crippen MR) is 117 cm³/mol. The van der Waals surface area contributed by atoms with Crippen molar-refractivity contribution in [2.24, 2.45) is 0 Å². The van der Waals surface area contributed by atoms with Crippen LogP contribution in [-0.2, 0) is 6.54 Å². The minimum atomic E-state index is 0.110. The summed E-state index contributed by atoms with van der Waals surface area (Å²) in [5, 5.41) is 2.05. The first kappa shape index (κ1) is 18.6. The lowest BCUT2D eigenvalue weighted by molar-refractivity contribution is 0.0716. The second kappa shape index (κ2) is 8.16. The molecule has 2 aromatic heterocycles. The molecule has 7 heteroatoms. The second-order valence-electron chi connectivity index (χ2n) is 7.91. The van der Waals surface area contributed by atoms with E-state index in [0.29, 0.717) is 5.69 Å². The Hall–Kier alpha value is -2.38. The highest BCUT2D eigenvalue weighted by Gasteiger charge is 2.27. The lowest BCUT2D eigenvalue weighted by Crippen LogP contribution is -2.46. The zero-order valence-corrected chi connectivity index (χ0v) is 17.5. The topological polar surface area (TPSA) is 44.1 Å². The molecule has 4 heterocycles. The van der Waals surface area contributed by atoms with Gasteiger partial charge in [-0.25, -0.2) is 4.98 Å². The minimum Gasteiger partial charge on any atom is -0.369 e. The first-order valence-electron chi connectivity index (χ1n) is 10.6. The highest BCUT2D eigenvalue weighted by molar-refractivity contribution is 7.15. The van der Waals surface area contributed by atoms with Crippen LogP contribution >= 0.6 is 11.3 Å². The van der Waals surface area contributed by atoms with Gasteiger partial charge in [-0.15, -0.1) is 11.3 Å². The minimum absolute atomic E-state index is 0.110. The van der Waals surface area contributed by atoms with E-state index in [2.05, 4.69) is 50.7 Å². The van der Waals surface area contributed by atoms with Crippen molar-refractivity contribution < 1.29 is 4.79 Å². The molecule has 0 spiro atoms. The van der Waals surface area contributed by atoms with E-state index in [1.54, 1.807) is 11.3 Å². The Morgan fingerprint density at radius 2 is 1.72 bits per heavy atom. The normalized spacial score (nSPS) is 18.5. The molecule has 152 valence electrons. The van der Waals surface area contributed by atoms with Gasteiger partial charge in [0.05, 0.1) is 5.69 Å². The number of thiazole rings is 1. The molecule has 2 saturated heterocycles. The number of piperidine rings is 1. The number of nitrogens with zero attached hydrogens (tertiary/aromatic N) is 5. The standard InChI is InChI=1S/C22H27N5OS/c28-21(26-9-5-2-6-10-26)20-19(27-15-16-29-22(27)23-20)17-24-11-13-25(14-12-24)18-7-3-1-4-8-18/h1,3-4,7-8,15-16H,2,5-6,9-14,17H2. The highest BCUT2D eigenvalue weighted by Crippen LogP contribution is 2.23. The number of hydrogen-bond donors (Lipinski definition) is 0. The van der Waals surface area contributed by atoms with E-state index in [4.69, 9.17) is 4.98 Å². The summed E-state index contributed by atoms with van der Waals surface area (Å²) >= 11 is 1.60. The molecule has 5 rings (SSSR count). The van der Waals surface area contributed by atoms with Crippen LogP contribution in [0.4, 0.5) is 5.69 Å². The summed E-state index contributed by atoms with van der Waals surface area (Å²) in [6, 6.07) is 10.6. The molecule has 2 aliphatic heterocycles. The van der Waals surface area contributed by atoms with Crippen molar-refractivity contribution in [1.82, 2.24) is 19.2 Å². The maximum absolute atomic E-state index is 13.2. The summed E-state index contributed by atoms with van der Waals surface area (Å²) in [5.74, 6) is 0.110. The van der Waals surface area contributed by atoms with Gasteiger partial charge in [0.15, 0.2) is 10.7 Å². The molecule has 0 unspecified atom stereocenters. The second-order valence-corrected chi connectivity index (χ2v) is 8.79. The van der Waals surface area contributed by atoms with E-state index in [9.17, 15) is 4.79 Å². The number of hydrogen-bond acceptors (Lipinski definition) is 5. The number of imidazole rings is 1. The van der Waals surface area contributed by atoms with Gasteiger partial charge < -0.3 is 9.80 Å². The molecule has 6 nitrogen and oxygen atoms in total. The molecule has 1 aromatic carbocycles. The molecular formula is C22H27N5OS. The van der Waals surface area contributed by atoms with Crippen LogP contribution in [0.25, 0.3) is 4.96 Å². The number of carbonyl (C=O) groups excluding carboxylic acids is 1. The molecular weight excluding hydrogens is 382 g/mol. The van der Waals surface area contributed by atoms with Crippen LogP contribution in [0.5, 0.6) is 0 Å². The van der Waals surface area contributed by atoms with E-state index >= 15 is 0 Å². The Kier molecular flexibility index (Phi) is 5.24. The maximum atomic E-state index is 13.2. The van der Waals surface area contributed by atoms with Crippen LogP contribution < -0.4 is 4.90 Å². The third-order valence-electron chi connectivity index (χ3n) is 6.07. The zero-order chi connectivity index (χ0) is 19.6. The molecule has 2 fully saturated rings. The fourth-order valence-electron chi connectivity index (χ4n) is 4.42. The molecule has 1 amide bonds. The van der Waals surface area contributed by atoms with Gasteiger partial charge in [0.1, 0.15) is 0 Å². The smallest absolute Gasteiger partial charge is 0.274 e. The summed E-state index contributed by atoms with van der Waals surface area (Å²) in [6.07, 6.45) is 5.48. The van der Waals surface area contributed by atoms with Crippen molar-refractivity contribution in [2.45, 2.75) is 25.8 Å². The average molecular weight is 410 g/mol. The number of piperazine rings is 1. The lowest BCUT2D eigenvalue weighted by atomic mass is 10.1. The summed E-state index contributed by atoms with van der Waals surface area (Å²) < 4.78 is 2.12. The molecule has 0 radical (unpaired) electrons. The molecule has 0 N–H and O–H groups in total. The Labute approximate surface area is 175 Å². The van der Waals surface area contributed by atoms with Gasteiger partial charge in [0.25, 0.3) is 5.91 Å². The quantitative estimate of drug-likeness (QED) is 0.663. The van der Waals surface area contributed by atoms with Crippen molar-refractivity contribution in [1.29, 1.82) is 0 Å². The van der Waals surface area contributed by atoms with Crippen molar-refractivity contribution in [3.05, 3.63) is 53.3 Å². The van der Waals surface area contributed by atoms with Crippen molar-refractivity contribution in [3.8, 4) is 0 Å². The van der Waals surface area contributed by atoms with Crippen LogP contribution in [0.1, 0.15) is 35.4 Å². The van der Waals surface area contributed by atoms with Gasteiger partial charge in [-0.05, 0) is 31.4 Å². The SMILES string of the molecule is O=C(c1nc2sccn2c1CN1CCN(c2ccccc2)CC1)N1CCCCC1. The molecule has 3 aromatic rings. The third-order valence-corrected chi connectivity index (χ3v) is 6.83. The molecule has 2 aliphatic rings. The van der Waals surface area contributed by atoms with Gasteiger partial charge in [-0.3, -0.25) is 14.1 Å². The van der Waals surface area contributed by atoms with Gasteiger partial charge in [0.2, 0.25) is 0 Å². The maximum Gasteiger partial charge on any atom is 0.274 e. The Balaban J connectivity index is 1.32. The molecule has 0 saturated carbocycles. The van der Waals surface area contributed by atoms with Crippen molar-refractivity contribution >= 4 is 27.9 Å². The Morgan fingerprint density at radius 1 is 0.966 bits per heavy atom. The predicted octanol–water partition coefficient (Wildman–Crippen LogP) is 3.34. The fourth-order valence-corrected chi connectivity index (χ4v) is 5.15. The van der Waals surface area contributed by atoms with Gasteiger partial charge in [0, 0.05) is 63.1 Å². The number of anilines is 1. The van der Waals surface area contributed by atoms with E-state index in [1.807, 2.05) is 10.3 Å². The largest absolute Gasteiger partial charge is 0.369 e. The van der Waals surface area contributed by atoms with E-state index in [0.717, 1.165) is 69.3 Å². The monoisotopic (exact) mass is 409 g/mol. The van der Waals surface area contributed by atoms with E-state index < -0.39 is 0 Å². The summed E-state index contributed by atoms with van der Waals surface area (Å²) in [5.41, 5.74) is 2.99. The summed E-state index contributed by atoms with van der Waals surface area (Å²) in [7, 11) is 0. The van der Waals surface area contributed by atoms with Crippen LogP contribution in [0, 0.1) is 0 Å². The Morgan fingerprint density at radius 3 is 2.48 bits per heavy atom. The highest BCUT2D eigenvalue weighted by atomic mass is 32.1. The summed E-state index contributed by atoms with van der Waals surface area (Å²) in [4.78, 5) is 25.7. The van der Waals surface area contributed by atoms with Gasteiger partial charge >= 0.3 is 0 Å².